The van der Waals surface area contributed by atoms with E-state index in [2.05, 4.69) is 10.4 Å². The highest BCUT2D eigenvalue weighted by atomic mass is 35.5. The van der Waals surface area contributed by atoms with Gasteiger partial charge in [-0.1, -0.05) is 40.9 Å². The molecule has 0 spiro atoms. The van der Waals surface area contributed by atoms with Crippen molar-refractivity contribution in [3.05, 3.63) is 86.3 Å². The maximum Gasteiger partial charge on any atom is 0.435 e. The summed E-state index contributed by atoms with van der Waals surface area (Å²) in [5.74, 6) is -0.480. The number of aromatic nitrogens is 2. The summed E-state index contributed by atoms with van der Waals surface area (Å²) in [4.78, 5) is 13.2. The Labute approximate surface area is 199 Å². The Morgan fingerprint density at radius 1 is 0.969 bits per heavy atom. The van der Waals surface area contributed by atoms with Crippen LogP contribution in [0.25, 0.3) is 16.3 Å². The lowest BCUT2D eigenvalue weighted by molar-refractivity contribution is -0.141. The Hall–Kier alpha value is -2.52. The molecular formula is C21H11Cl3F3N3OS. The molecule has 0 unspecified atom stereocenters. The Kier molecular flexibility index (Phi) is 6.22. The van der Waals surface area contributed by atoms with Gasteiger partial charge in [-0.15, -0.1) is 11.3 Å². The minimum Gasteiger partial charge on any atom is -0.321 e. The highest BCUT2D eigenvalue weighted by Crippen LogP contribution is 2.35. The van der Waals surface area contributed by atoms with Crippen LogP contribution in [0.1, 0.15) is 16.1 Å². The molecule has 1 N–H and O–H groups in total. The third-order valence-electron chi connectivity index (χ3n) is 4.41. The van der Waals surface area contributed by atoms with Gasteiger partial charge in [0.05, 0.1) is 37.0 Å². The fourth-order valence-corrected chi connectivity index (χ4v) is 4.20. The molecule has 0 aliphatic carbocycles. The van der Waals surface area contributed by atoms with Crippen molar-refractivity contribution in [3.8, 4) is 16.3 Å². The first-order chi connectivity index (χ1) is 15.1. The summed E-state index contributed by atoms with van der Waals surface area (Å²) in [6.07, 6.45) is -4.59. The molecule has 0 aliphatic rings. The number of carbonyl (C=O) groups is 1. The molecule has 0 aliphatic heterocycles. The number of nitrogens with one attached hydrogen (secondary N) is 1. The van der Waals surface area contributed by atoms with Crippen LogP contribution in [0, 0.1) is 0 Å². The van der Waals surface area contributed by atoms with Gasteiger partial charge in [-0.3, -0.25) is 4.79 Å². The summed E-state index contributed by atoms with van der Waals surface area (Å²) in [5, 5.41) is 8.81. The lowest BCUT2D eigenvalue weighted by atomic mass is 10.2. The first-order valence-electron chi connectivity index (χ1n) is 8.91. The SMILES string of the molecule is O=C(Nc1cc(Cl)c(Cl)cc1Cl)c1ccc(-n2nc(C(F)(F)F)cc2-c2cccs2)cc1. The molecule has 2 heterocycles. The summed E-state index contributed by atoms with van der Waals surface area (Å²) in [5.41, 5.74) is 0.200. The molecule has 1 amide bonds. The normalized spacial score (nSPS) is 11.6. The van der Waals surface area contributed by atoms with Crippen molar-refractivity contribution >= 4 is 57.7 Å². The number of hydrogen-bond acceptors (Lipinski definition) is 3. The van der Waals surface area contributed by atoms with Gasteiger partial charge in [0.2, 0.25) is 0 Å². The van der Waals surface area contributed by atoms with E-state index in [-0.39, 0.29) is 26.3 Å². The fourth-order valence-electron chi connectivity index (χ4n) is 2.88. The molecule has 0 fully saturated rings. The van der Waals surface area contributed by atoms with E-state index in [1.165, 1.54) is 52.4 Å². The van der Waals surface area contributed by atoms with Crippen LogP contribution in [0.5, 0.6) is 0 Å². The number of amides is 1. The van der Waals surface area contributed by atoms with E-state index in [0.29, 0.717) is 16.3 Å². The third-order valence-corrected chi connectivity index (χ3v) is 6.33. The number of halogens is 6. The third kappa shape index (κ3) is 4.63. The number of thiophene rings is 1. The monoisotopic (exact) mass is 515 g/mol. The molecule has 0 atom stereocenters. The van der Waals surface area contributed by atoms with E-state index in [4.69, 9.17) is 34.8 Å². The van der Waals surface area contributed by atoms with Gasteiger partial charge < -0.3 is 5.32 Å². The Morgan fingerprint density at radius 2 is 1.66 bits per heavy atom. The molecule has 0 saturated heterocycles. The first-order valence-corrected chi connectivity index (χ1v) is 10.9. The molecule has 4 rings (SSSR count). The van der Waals surface area contributed by atoms with Crippen molar-refractivity contribution < 1.29 is 18.0 Å². The van der Waals surface area contributed by atoms with Crippen LogP contribution < -0.4 is 5.32 Å². The van der Waals surface area contributed by atoms with Crippen LogP contribution in [0.2, 0.25) is 15.1 Å². The molecular weight excluding hydrogens is 506 g/mol. The van der Waals surface area contributed by atoms with Gasteiger partial charge in [-0.25, -0.2) is 4.68 Å². The molecule has 0 saturated carbocycles. The predicted molar refractivity (Wildman–Crippen MR) is 121 cm³/mol. The molecule has 11 heteroatoms. The first kappa shape index (κ1) is 22.7. The number of carbonyl (C=O) groups excluding carboxylic acids is 1. The van der Waals surface area contributed by atoms with Gasteiger partial charge in [0.25, 0.3) is 5.91 Å². The molecule has 4 aromatic rings. The second-order valence-corrected chi connectivity index (χ2v) is 8.72. The summed E-state index contributed by atoms with van der Waals surface area (Å²) in [7, 11) is 0. The second kappa shape index (κ2) is 8.78. The second-order valence-electron chi connectivity index (χ2n) is 6.55. The average Bonchev–Trinajstić information content (AvgIpc) is 3.41. The summed E-state index contributed by atoms with van der Waals surface area (Å²) in [6.45, 7) is 0. The molecule has 2 aromatic heterocycles. The van der Waals surface area contributed by atoms with Gasteiger partial charge in [-0.2, -0.15) is 18.3 Å². The maximum absolute atomic E-state index is 13.2. The number of anilines is 1. The zero-order chi connectivity index (χ0) is 23.0. The van der Waals surface area contributed by atoms with E-state index >= 15 is 0 Å². The highest BCUT2D eigenvalue weighted by Gasteiger charge is 2.35. The summed E-state index contributed by atoms with van der Waals surface area (Å²) < 4.78 is 40.9. The quantitative estimate of drug-likeness (QED) is 0.281. The van der Waals surface area contributed by atoms with Gasteiger partial charge in [0, 0.05) is 5.56 Å². The Bertz CT molecular complexity index is 1290. The smallest absolute Gasteiger partial charge is 0.321 e. The topological polar surface area (TPSA) is 46.9 Å². The lowest BCUT2D eigenvalue weighted by Gasteiger charge is -2.10. The Morgan fingerprint density at radius 3 is 2.28 bits per heavy atom. The molecule has 164 valence electrons. The van der Waals surface area contributed by atoms with Gasteiger partial charge in [0.1, 0.15) is 0 Å². The minimum absolute atomic E-state index is 0.209. The molecule has 32 heavy (non-hydrogen) atoms. The van der Waals surface area contributed by atoms with E-state index in [0.717, 1.165) is 6.07 Å². The number of nitrogens with zero attached hydrogens (tertiary/aromatic N) is 2. The zero-order valence-electron chi connectivity index (χ0n) is 15.8. The number of alkyl halides is 3. The fraction of sp³-hybridized carbons (Fsp3) is 0.0476. The van der Waals surface area contributed by atoms with Gasteiger partial charge in [-0.05, 0) is 53.9 Å². The number of benzene rings is 2. The van der Waals surface area contributed by atoms with Crippen molar-refractivity contribution in [2.75, 3.05) is 5.32 Å². The summed E-state index contributed by atoms with van der Waals surface area (Å²) in [6, 6.07) is 13.3. The summed E-state index contributed by atoms with van der Waals surface area (Å²) >= 11 is 19.2. The maximum atomic E-state index is 13.2. The van der Waals surface area contributed by atoms with Crippen molar-refractivity contribution in [3.63, 3.8) is 0 Å². The van der Waals surface area contributed by atoms with Crippen molar-refractivity contribution in [2.45, 2.75) is 6.18 Å². The molecule has 0 bridgehead atoms. The largest absolute Gasteiger partial charge is 0.435 e. The number of rotatable bonds is 4. The van der Waals surface area contributed by atoms with E-state index < -0.39 is 17.8 Å². The van der Waals surface area contributed by atoms with Crippen LogP contribution in [0.4, 0.5) is 18.9 Å². The number of hydrogen-bond donors (Lipinski definition) is 1. The van der Waals surface area contributed by atoms with Gasteiger partial charge in [0.15, 0.2) is 5.69 Å². The molecule has 4 nitrogen and oxygen atoms in total. The highest BCUT2D eigenvalue weighted by molar-refractivity contribution is 7.13. The predicted octanol–water partition coefficient (Wildman–Crippen LogP) is 7.83. The van der Waals surface area contributed by atoms with Crippen LogP contribution in [-0.2, 0) is 6.18 Å². The van der Waals surface area contributed by atoms with Crippen molar-refractivity contribution in [1.29, 1.82) is 0 Å². The van der Waals surface area contributed by atoms with E-state index in [1.807, 2.05) is 0 Å². The van der Waals surface area contributed by atoms with Crippen molar-refractivity contribution in [1.82, 2.24) is 9.78 Å². The molecule has 0 radical (unpaired) electrons. The molecule has 2 aromatic carbocycles. The van der Waals surface area contributed by atoms with Crippen LogP contribution in [-0.4, -0.2) is 15.7 Å². The van der Waals surface area contributed by atoms with Crippen LogP contribution in [0.3, 0.4) is 0 Å². The Balaban J connectivity index is 1.64. The average molecular weight is 517 g/mol. The van der Waals surface area contributed by atoms with Crippen LogP contribution in [0.15, 0.2) is 60.0 Å². The van der Waals surface area contributed by atoms with Gasteiger partial charge >= 0.3 is 6.18 Å². The zero-order valence-corrected chi connectivity index (χ0v) is 18.8. The minimum atomic E-state index is -4.59. The van der Waals surface area contributed by atoms with Crippen LogP contribution >= 0.6 is 46.1 Å². The standard InChI is InChI=1S/C21H11Cl3F3N3OS/c22-13-8-15(24)16(9-14(13)23)28-20(31)11-3-5-12(6-4-11)30-17(18-2-1-7-32-18)10-19(29-30)21(25,26)27/h1-10H,(H,28,31). The van der Waals surface area contributed by atoms with E-state index in [1.54, 1.807) is 17.5 Å². The lowest BCUT2D eigenvalue weighted by Crippen LogP contribution is -2.12. The van der Waals surface area contributed by atoms with Crippen molar-refractivity contribution in [2.24, 2.45) is 0 Å². The van der Waals surface area contributed by atoms with E-state index in [9.17, 15) is 18.0 Å².